The molecule has 0 N–H and O–H groups in total. The van der Waals surface area contributed by atoms with Gasteiger partial charge in [-0.15, -0.1) is 0 Å². The normalized spacial score (nSPS) is 10.8. The molecule has 0 radical (unpaired) electrons. The molecule has 0 spiro atoms. The van der Waals surface area contributed by atoms with E-state index in [1.165, 1.54) is 12.5 Å². The molecule has 0 aliphatic heterocycles. The van der Waals surface area contributed by atoms with Crippen molar-refractivity contribution >= 4 is 11.0 Å². The van der Waals surface area contributed by atoms with E-state index < -0.39 is 5.63 Å². The molecule has 29 heavy (non-hydrogen) atoms. The Labute approximate surface area is 168 Å². The summed E-state index contributed by atoms with van der Waals surface area (Å²) in [5, 5.41) is 0.740. The second-order valence-corrected chi connectivity index (χ2v) is 5.98. The van der Waals surface area contributed by atoms with E-state index in [4.69, 9.17) is 23.4 Å². The van der Waals surface area contributed by atoms with Gasteiger partial charge in [-0.25, -0.2) is 9.78 Å². The molecule has 3 aromatic rings. The van der Waals surface area contributed by atoms with Crippen molar-refractivity contribution in [2.24, 2.45) is 0 Å². The van der Waals surface area contributed by atoms with Gasteiger partial charge in [-0.1, -0.05) is 36.9 Å². The molecule has 0 fully saturated rings. The van der Waals surface area contributed by atoms with Crippen LogP contribution in [-0.4, -0.2) is 44.6 Å². The number of benzene rings is 1. The fourth-order valence-corrected chi connectivity index (χ4v) is 2.62. The standard InChI is InChI=1S/C22H23NO6/c1-2-25-8-9-26-10-11-27-12-13-28-21-15-18-14-19(17-6-4-3-5-7-17)22(24)29-20(18)16-23-21/h2-7,14-16H,1,8-13H2. The van der Waals surface area contributed by atoms with Crippen LogP contribution in [0, 0.1) is 0 Å². The number of pyridine rings is 1. The molecule has 2 aromatic heterocycles. The van der Waals surface area contributed by atoms with E-state index in [-0.39, 0.29) is 0 Å². The fourth-order valence-electron chi connectivity index (χ4n) is 2.62. The monoisotopic (exact) mass is 397 g/mol. The Morgan fingerprint density at radius 3 is 2.45 bits per heavy atom. The SMILES string of the molecule is C=COCCOCCOCCOc1cc2cc(-c3ccccc3)c(=O)oc2cn1. The minimum atomic E-state index is -0.397. The summed E-state index contributed by atoms with van der Waals surface area (Å²) in [5.74, 6) is 0.437. The largest absolute Gasteiger partial charge is 0.499 e. The van der Waals surface area contributed by atoms with Gasteiger partial charge >= 0.3 is 5.63 Å². The average molecular weight is 397 g/mol. The summed E-state index contributed by atoms with van der Waals surface area (Å²) in [6.45, 7) is 6.13. The van der Waals surface area contributed by atoms with Crippen LogP contribution in [0.4, 0.5) is 0 Å². The molecule has 0 bridgehead atoms. The number of hydrogen-bond donors (Lipinski definition) is 0. The quantitative estimate of drug-likeness (QED) is 0.342. The van der Waals surface area contributed by atoms with Gasteiger partial charge in [0, 0.05) is 11.5 Å². The first-order valence-electron chi connectivity index (χ1n) is 9.28. The predicted molar refractivity (Wildman–Crippen MR) is 109 cm³/mol. The summed E-state index contributed by atoms with van der Waals surface area (Å²) in [4.78, 5) is 16.4. The molecule has 0 saturated carbocycles. The van der Waals surface area contributed by atoms with Crippen molar-refractivity contribution in [3.63, 3.8) is 0 Å². The van der Waals surface area contributed by atoms with Crippen molar-refractivity contribution in [1.82, 2.24) is 4.98 Å². The molecule has 0 amide bonds. The molecule has 0 unspecified atom stereocenters. The second-order valence-electron chi connectivity index (χ2n) is 5.98. The van der Waals surface area contributed by atoms with Crippen LogP contribution in [0.2, 0.25) is 0 Å². The van der Waals surface area contributed by atoms with Gasteiger partial charge < -0.3 is 23.4 Å². The molecule has 0 saturated heterocycles. The molecule has 152 valence electrons. The molecule has 0 aliphatic rings. The van der Waals surface area contributed by atoms with Crippen molar-refractivity contribution in [3.05, 3.63) is 71.9 Å². The lowest BCUT2D eigenvalue weighted by Crippen LogP contribution is -2.12. The highest BCUT2D eigenvalue weighted by Gasteiger charge is 2.09. The maximum atomic E-state index is 12.2. The molecule has 7 heteroatoms. The number of ether oxygens (including phenoxy) is 4. The predicted octanol–water partition coefficient (Wildman–Crippen LogP) is 3.43. The summed E-state index contributed by atoms with van der Waals surface area (Å²) in [6.07, 6.45) is 2.87. The smallest absolute Gasteiger partial charge is 0.344 e. The minimum absolute atomic E-state index is 0.348. The molecule has 1 aromatic carbocycles. The number of fused-ring (bicyclic) bond motifs is 1. The van der Waals surface area contributed by atoms with Crippen molar-refractivity contribution in [2.45, 2.75) is 0 Å². The van der Waals surface area contributed by atoms with Gasteiger partial charge in [-0.2, -0.15) is 0 Å². The highest BCUT2D eigenvalue weighted by molar-refractivity contribution is 5.81. The number of rotatable bonds is 12. The van der Waals surface area contributed by atoms with Crippen LogP contribution in [0.15, 0.2) is 70.7 Å². The number of aromatic nitrogens is 1. The van der Waals surface area contributed by atoms with Crippen LogP contribution >= 0.6 is 0 Å². The molecular formula is C22H23NO6. The maximum Gasteiger partial charge on any atom is 0.344 e. The lowest BCUT2D eigenvalue weighted by Gasteiger charge is -2.08. The lowest BCUT2D eigenvalue weighted by atomic mass is 10.1. The van der Waals surface area contributed by atoms with Crippen LogP contribution < -0.4 is 10.4 Å². The summed E-state index contributed by atoms with van der Waals surface area (Å²) in [5.41, 5.74) is 1.31. The van der Waals surface area contributed by atoms with E-state index in [9.17, 15) is 4.79 Å². The molecule has 2 heterocycles. The number of hydrogen-bond acceptors (Lipinski definition) is 7. The van der Waals surface area contributed by atoms with Crippen molar-refractivity contribution in [3.8, 4) is 17.0 Å². The third-order valence-electron chi connectivity index (χ3n) is 3.99. The van der Waals surface area contributed by atoms with Crippen LogP contribution in [0.25, 0.3) is 22.1 Å². The molecule has 3 rings (SSSR count). The first kappa shape index (κ1) is 20.6. The Kier molecular flexibility index (Phi) is 7.80. The van der Waals surface area contributed by atoms with E-state index in [0.29, 0.717) is 56.7 Å². The molecular weight excluding hydrogens is 374 g/mol. The van der Waals surface area contributed by atoms with Gasteiger partial charge in [0.1, 0.15) is 13.2 Å². The molecule has 0 atom stereocenters. The highest BCUT2D eigenvalue weighted by atomic mass is 16.6. The van der Waals surface area contributed by atoms with Gasteiger partial charge in [-0.3, -0.25) is 0 Å². The van der Waals surface area contributed by atoms with E-state index >= 15 is 0 Å². The Morgan fingerprint density at radius 1 is 0.966 bits per heavy atom. The summed E-state index contributed by atoms with van der Waals surface area (Å²) in [6, 6.07) is 12.9. The van der Waals surface area contributed by atoms with Crippen molar-refractivity contribution in [1.29, 1.82) is 0 Å². The van der Waals surface area contributed by atoms with Crippen LogP contribution in [0.1, 0.15) is 0 Å². The first-order valence-corrected chi connectivity index (χ1v) is 9.28. The minimum Gasteiger partial charge on any atom is -0.499 e. The summed E-state index contributed by atoms with van der Waals surface area (Å²) in [7, 11) is 0. The van der Waals surface area contributed by atoms with Crippen molar-refractivity contribution < 1.29 is 23.4 Å². The van der Waals surface area contributed by atoms with Gasteiger partial charge in [0.2, 0.25) is 5.88 Å². The van der Waals surface area contributed by atoms with E-state index in [1.807, 2.05) is 30.3 Å². The third kappa shape index (κ3) is 6.17. The van der Waals surface area contributed by atoms with Gasteiger partial charge in [0.15, 0.2) is 5.58 Å². The third-order valence-corrected chi connectivity index (χ3v) is 3.99. The van der Waals surface area contributed by atoms with Crippen LogP contribution in [0.5, 0.6) is 5.88 Å². The average Bonchev–Trinajstić information content (AvgIpc) is 2.75. The van der Waals surface area contributed by atoms with Gasteiger partial charge in [0.05, 0.1) is 44.4 Å². The zero-order valence-corrected chi connectivity index (χ0v) is 16.0. The lowest BCUT2D eigenvalue weighted by molar-refractivity contribution is 0.0224. The van der Waals surface area contributed by atoms with E-state index in [0.717, 1.165) is 10.9 Å². The van der Waals surface area contributed by atoms with Crippen molar-refractivity contribution in [2.75, 3.05) is 39.6 Å². The van der Waals surface area contributed by atoms with E-state index in [1.54, 1.807) is 12.1 Å². The Morgan fingerprint density at radius 2 is 1.69 bits per heavy atom. The molecule has 7 nitrogen and oxygen atoms in total. The summed E-state index contributed by atoms with van der Waals surface area (Å²) < 4.78 is 26.7. The van der Waals surface area contributed by atoms with Crippen LogP contribution in [-0.2, 0) is 14.2 Å². The fraction of sp³-hybridized carbons (Fsp3) is 0.273. The second kappa shape index (κ2) is 11.0. The van der Waals surface area contributed by atoms with E-state index in [2.05, 4.69) is 11.6 Å². The highest BCUT2D eigenvalue weighted by Crippen LogP contribution is 2.22. The zero-order valence-electron chi connectivity index (χ0n) is 16.0. The Hall–Kier alpha value is -3.16. The zero-order chi connectivity index (χ0) is 20.3. The Balaban J connectivity index is 1.50. The maximum absolute atomic E-state index is 12.2. The molecule has 0 aliphatic carbocycles. The van der Waals surface area contributed by atoms with Gasteiger partial charge in [-0.05, 0) is 11.6 Å². The van der Waals surface area contributed by atoms with Gasteiger partial charge in [0.25, 0.3) is 0 Å². The van der Waals surface area contributed by atoms with Crippen LogP contribution in [0.3, 0.4) is 0 Å². The number of nitrogens with zero attached hydrogens (tertiary/aromatic N) is 1. The Bertz CT molecular complexity index is 970. The summed E-state index contributed by atoms with van der Waals surface area (Å²) >= 11 is 0. The first-order chi connectivity index (χ1) is 14.3. The topological polar surface area (TPSA) is 80.0 Å².